The van der Waals surface area contributed by atoms with Crippen LogP contribution in [0.2, 0.25) is 0 Å². The highest BCUT2D eigenvalue weighted by Crippen LogP contribution is 2.23. The van der Waals surface area contributed by atoms with Crippen molar-refractivity contribution in [2.45, 2.75) is 24.0 Å². The summed E-state index contributed by atoms with van der Waals surface area (Å²) in [5.41, 5.74) is 0.525. The van der Waals surface area contributed by atoms with Crippen LogP contribution in [0.25, 0.3) is 11.5 Å². The molecule has 1 amide bonds. The van der Waals surface area contributed by atoms with Gasteiger partial charge in [-0.25, -0.2) is 8.42 Å². The van der Waals surface area contributed by atoms with Gasteiger partial charge in [0.15, 0.2) is 9.84 Å². The van der Waals surface area contributed by atoms with Crippen LogP contribution in [0.3, 0.4) is 0 Å². The molecule has 26 heavy (non-hydrogen) atoms. The van der Waals surface area contributed by atoms with Crippen molar-refractivity contribution in [3.63, 3.8) is 0 Å². The van der Waals surface area contributed by atoms with E-state index in [-0.39, 0.29) is 29.2 Å². The van der Waals surface area contributed by atoms with Crippen LogP contribution in [0, 0.1) is 0 Å². The maximum absolute atomic E-state index is 12.1. The molecule has 0 bridgehead atoms. The zero-order chi connectivity index (χ0) is 18.7. The molecule has 0 fully saturated rings. The molecule has 0 saturated heterocycles. The van der Waals surface area contributed by atoms with Gasteiger partial charge in [0.2, 0.25) is 11.6 Å². The van der Waals surface area contributed by atoms with Crippen molar-refractivity contribution >= 4 is 21.8 Å². The molecule has 1 aliphatic heterocycles. The first-order valence-corrected chi connectivity index (χ1v) is 9.36. The van der Waals surface area contributed by atoms with Gasteiger partial charge in [0.25, 0.3) is 5.91 Å². The van der Waals surface area contributed by atoms with Crippen molar-refractivity contribution in [2.24, 2.45) is 0 Å². The lowest BCUT2D eigenvalue weighted by molar-refractivity contribution is -0.117. The van der Waals surface area contributed by atoms with E-state index in [1.165, 1.54) is 18.4 Å². The van der Waals surface area contributed by atoms with Crippen molar-refractivity contribution in [3.05, 3.63) is 36.3 Å². The highest BCUT2D eigenvalue weighted by atomic mass is 32.2. The molecule has 10 heteroatoms. The van der Waals surface area contributed by atoms with E-state index in [9.17, 15) is 13.2 Å². The number of benzene rings is 1. The number of carbonyl (C=O) groups is 1. The minimum atomic E-state index is -3.35. The van der Waals surface area contributed by atoms with E-state index >= 15 is 0 Å². The second-order valence-electron chi connectivity index (χ2n) is 5.69. The van der Waals surface area contributed by atoms with Crippen LogP contribution < -0.4 is 5.32 Å². The van der Waals surface area contributed by atoms with E-state index in [2.05, 4.69) is 15.5 Å². The molecule has 138 valence electrons. The van der Waals surface area contributed by atoms with E-state index in [0.717, 1.165) is 0 Å². The standard InChI is InChI=1S/C16H17N3O6S/c1-10(2)26(21,22)12-5-3-11(4-6-12)15-18-19-16(25-15)17-14(20)13-9-23-7-8-24-13/h3-6,9-10H,7-8H2,1-2H3,(H,17,19,20). The Hall–Kier alpha value is -2.88. The fourth-order valence-electron chi connectivity index (χ4n) is 2.10. The molecule has 0 spiro atoms. The molecular weight excluding hydrogens is 362 g/mol. The summed E-state index contributed by atoms with van der Waals surface area (Å²) in [6.45, 7) is 3.89. The molecular formula is C16H17N3O6S. The van der Waals surface area contributed by atoms with Crippen LogP contribution in [0.1, 0.15) is 13.8 Å². The van der Waals surface area contributed by atoms with Gasteiger partial charge in [0.05, 0.1) is 10.1 Å². The number of ether oxygens (including phenoxy) is 2. The number of sulfone groups is 1. The first-order valence-electron chi connectivity index (χ1n) is 7.81. The molecule has 1 N–H and O–H groups in total. The smallest absolute Gasteiger partial charge is 0.322 e. The van der Waals surface area contributed by atoms with Crippen LogP contribution in [0.4, 0.5) is 6.01 Å². The number of aromatic nitrogens is 2. The second-order valence-corrected chi connectivity index (χ2v) is 8.19. The Kier molecular flexibility index (Phi) is 4.94. The van der Waals surface area contributed by atoms with Gasteiger partial charge in [0, 0.05) is 5.56 Å². The number of rotatable bonds is 5. The minimum Gasteiger partial charge on any atom is -0.494 e. The summed E-state index contributed by atoms with van der Waals surface area (Å²) >= 11 is 0. The third-order valence-corrected chi connectivity index (χ3v) is 5.74. The van der Waals surface area contributed by atoms with Gasteiger partial charge in [-0.15, -0.1) is 5.10 Å². The molecule has 2 heterocycles. The zero-order valence-corrected chi connectivity index (χ0v) is 14.9. The third-order valence-electron chi connectivity index (χ3n) is 3.57. The predicted molar refractivity (Wildman–Crippen MR) is 90.7 cm³/mol. The Morgan fingerprint density at radius 2 is 1.88 bits per heavy atom. The van der Waals surface area contributed by atoms with Gasteiger partial charge in [-0.2, -0.15) is 0 Å². The first-order chi connectivity index (χ1) is 12.4. The topological polar surface area (TPSA) is 121 Å². The number of anilines is 1. The Labute approximate surface area is 149 Å². The highest BCUT2D eigenvalue weighted by molar-refractivity contribution is 7.92. The van der Waals surface area contributed by atoms with E-state index in [0.29, 0.717) is 12.2 Å². The fraction of sp³-hybridized carbons (Fsp3) is 0.312. The number of nitrogens with one attached hydrogen (secondary N) is 1. The fourth-order valence-corrected chi connectivity index (χ4v) is 3.16. The highest BCUT2D eigenvalue weighted by Gasteiger charge is 2.20. The maximum Gasteiger partial charge on any atom is 0.322 e. The predicted octanol–water partition coefficient (Wildman–Crippen LogP) is 1.75. The van der Waals surface area contributed by atoms with Gasteiger partial charge < -0.3 is 13.9 Å². The van der Waals surface area contributed by atoms with Crippen molar-refractivity contribution in [3.8, 4) is 11.5 Å². The van der Waals surface area contributed by atoms with Crippen molar-refractivity contribution in [1.29, 1.82) is 0 Å². The average molecular weight is 379 g/mol. The Bertz CT molecular complexity index is 931. The summed E-state index contributed by atoms with van der Waals surface area (Å²) in [6.07, 6.45) is 1.21. The van der Waals surface area contributed by atoms with Gasteiger partial charge in [-0.3, -0.25) is 10.1 Å². The summed E-state index contributed by atoms with van der Waals surface area (Å²) in [5, 5.41) is 9.46. The first kappa shape index (κ1) is 17.9. The van der Waals surface area contributed by atoms with Crippen LogP contribution >= 0.6 is 0 Å². The van der Waals surface area contributed by atoms with Gasteiger partial charge in [-0.05, 0) is 38.1 Å². The van der Waals surface area contributed by atoms with Crippen LogP contribution in [0.5, 0.6) is 0 Å². The zero-order valence-electron chi connectivity index (χ0n) is 14.1. The minimum absolute atomic E-state index is 0.0132. The molecule has 1 aromatic carbocycles. The van der Waals surface area contributed by atoms with E-state index in [1.54, 1.807) is 26.0 Å². The maximum atomic E-state index is 12.1. The number of carbonyl (C=O) groups excluding carboxylic acids is 1. The molecule has 0 unspecified atom stereocenters. The molecule has 1 aliphatic rings. The molecule has 0 atom stereocenters. The van der Waals surface area contributed by atoms with E-state index < -0.39 is 21.0 Å². The van der Waals surface area contributed by atoms with Crippen LogP contribution in [0.15, 0.2) is 45.6 Å². The van der Waals surface area contributed by atoms with E-state index in [4.69, 9.17) is 13.9 Å². The summed E-state index contributed by atoms with van der Waals surface area (Å²) < 4.78 is 39.8. The monoisotopic (exact) mass is 379 g/mol. The Balaban J connectivity index is 1.73. The molecule has 9 nitrogen and oxygen atoms in total. The molecule has 0 aliphatic carbocycles. The molecule has 1 aromatic heterocycles. The van der Waals surface area contributed by atoms with Gasteiger partial charge in [-0.1, -0.05) is 5.10 Å². The van der Waals surface area contributed by atoms with Crippen molar-refractivity contribution < 1.29 is 27.1 Å². The van der Waals surface area contributed by atoms with Crippen LogP contribution in [-0.4, -0.2) is 43.0 Å². The summed E-state index contributed by atoms with van der Waals surface area (Å²) in [6, 6.07) is 5.97. The lowest BCUT2D eigenvalue weighted by Crippen LogP contribution is -2.21. The van der Waals surface area contributed by atoms with Crippen molar-refractivity contribution in [1.82, 2.24) is 10.2 Å². The van der Waals surface area contributed by atoms with Gasteiger partial charge >= 0.3 is 6.01 Å². The molecule has 2 aromatic rings. The van der Waals surface area contributed by atoms with Gasteiger partial charge in [0.1, 0.15) is 19.5 Å². The normalized spacial score (nSPS) is 14.3. The largest absolute Gasteiger partial charge is 0.494 e. The lowest BCUT2D eigenvalue weighted by atomic mass is 10.2. The third kappa shape index (κ3) is 3.69. The molecule has 0 radical (unpaired) electrons. The second kappa shape index (κ2) is 7.16. The number of hydrogen-bond acceptors (Lipinski definition) is 8. The lowest BCUT2D eigenvalue weighted by Gasteiger charge is -2.13. The average Bonchev–Trinajstić information content (AvgIpc) is 3.11. The van der Waals surface area contributed by atoms with Crippen LogP contribution in [-0.2, 0) is 24.1 Å². The Morgan fingerprint density at radius 3 is 2.50 bits per heavy atom. The van der Waals surface area contributed by atoms with E-state index in [1.807, 2.05) is 0 Å². The number of nitrogens with zero attached hydrogens (tertiary/aromatic N) is 2. The summed E-state index contributed by atoms with van der Waals surface area (Å²) in [4.78, 5) is 12.2. The van der Waals surface area contributed by atoms with Crippen molar-refractivity contribution in [2.75, 3.05) is 18.5 Å². The number of amides is 1. The summed E-state index contributed by atoms with van der Waals surface area (Å²) in [5.74, 6) is -0.416. The Morgan fingerprint density at radius 1 is 1.15 bits per heavy atom. The molecule has 0 saturated carbocycles. The SMILES string of the molecule is CC(C)S(=O)(=O)c1ccc(-c2nnc(NC(=O)C3=COCCO3)o2)cc1. The molecule has 3 rings (SSSR count). The quantitative estimate of drug-likeness (QED) is 0.834. The summed E-state index contributed by atoms with van der Waals surface area (Å²) in [7, 11) is -3.35. The number of hydrogen-bond donors (Lipinski definition) is 1.